The van der Waals surface area contributed by atoms with Gasteiger partial charge in [-0.15, -0.1) is 5.10 Å². The molecule has 1 aromatic heterocycles. The third kappa shape index (κ3) is 3.98. The lowest BCUT2D eigenvalue weighted by Crippen LogP contribution is -2.29. The number of rotatable bonds is 6. The monoisotopic (exact) mass is 407 g/mol. The summed E-state index contributed by atoms with van der Waals surface area (Å²) in [7, 11) is 0. The molecule has 1 amide bonds. The van der Waals surface area contributed by atoms with Crippen LogP contribution in [-0.4, -0.2) is 27.4 Å². The van der Waals surface area contributed by atoms with Crippen LogP contribution in [0.4, 0.5) is 4.39 Å². The number of benzene rings is 2. The highest BCUT2D eigenvalue weighted by Gasteiger charge is 2.32. The predicted molar refractivity (Wildman–Crippen MR) is 114 cm³/mol. The molecule has 1 aliphatic rings. The Kier molecular flexibility index (Phi) is 5.90. The summed E-state index contributed by atoms with van der Waals surface area (Å²) in [6, 6.07) is 12.9. The summed E-state index contributed by atoms with van der Waals surface area (Å²) in [4.78, 5) is 12.2. The molecular weight excluding hydrogens is 381 g/mol. The number of carbonyl (C=O) groups is 1. The lowest BCUT2D eigenvalue weighted by atomic mass is 10.0. The molecule has 3 N–H and O–H groups in total. The molecule has 6 nitrogen and oxygen atoms in total. The van der Waals surface area contributed by atoms with Gasteiger partial charge < -0.3 is 11.1 Å². The average molecular weight is 407 g/mol. The van der Waals surface area contributed by atoms with E-state index < -0.39 is 0 Å². The molecule has 0 saturated heterocycles. The SMILES string of the molecule is CCNC(=O)[C@H]1CCC(n2nncc2-c2ccc(-c3ccc(CN)cc3F)cc2)C1. The van der Waals surface area contributed by atoms with E-state index in [0.717, 1.165) is 41.6 Å². The van der Waals surface area contributed by atoms with Crippen LogP contribution in [0.5, 0.6) is 0 Å². The molecule has 1 heterocycles. The number of hydrogen-bond acceptors (Lipinski definition) is 4. The summed E-state index contributed by atoms with van der Waals surface area (Å²) in [5.41, 5.74) is 9.57. The zero-order valence-electron chi connectivity index (χ0n) is 17.0. The first-order chi connectivity index (χ1) is 14.6. The summed E-state index contributed by atoms with van der Waals surface area (Å²) >= 11 is 0. The number of nitrogens with zero attached hydrogens (tertiary/aromatic N) is 3. The van der Waals surface area contributed by atoms with Gasteiger partial charge in [-0.3, -0.25) is 4.79 Å². The van der Waals surface area contributed by atoms with Gasteiger partial charge in [0.2, 0.25) is 5.91 Å². The van der Waals surface area contributed by atoms with Crippen molar-refractivity contribution in [1.29, 1.82) is 0 Å². The second kappa shape index (κ2) is 8.75. The van der Waals surface area contributed by atoms with Gasteiger partial charge in [0.15, 0.2) is 0 Å². The summed E-state index contributed by atoms with van der Waals surface area (Å²) < 4.78 is 16.3. The molecule has 7 heteroatoms. The van der Waals surface area contributed by atoms with Crippen molar-refractivity contribution in [1.82, 2.24) is 20.3 Å². The third-order valence-corrected chi connectivity index (χ3v) is 5.81. The van der Waals surface area contributed by atoms with Crippen molar-refractivity contribution >= 4 is 5.91 Å². The molecule has 0 aliphatic heterocycles. The second-order valence-electron chi connectivity index (χ2n) is 7.72. The van der Waals surface area contributed by atoms with Gasteiger partial charge >= 0.3 is 0 Å². The Morgan fingerprint density at radius 1 is 1.20 bits per heavy atom. The van der Waals surface area contributed by atoms with E-state index in [0.29, 0.717) is 18.7 Å². The molecule has 2 atom stereocenters. The van der Waals surface area contributed by atoms with E-state index in [9.17, 15) is 9.18 Å². The van der Waals surface area contributed by atoms with Crippen LogP contribution < -0.4 is 11.1 Å². The minimum absolute atomic E-state index is 0.0221. The molecule has 1 unspecified atom stereocenters. The fourth-order valence-corrected chi connectivity index (χ4v) is 4.20. The normalized spacial score (nSPS) is 18.5. The Morgan fingerprint density at radius 2 is 1.97 bits per heavy atom. The topological polar surface area (TPSA) is 85.8 Å². The maximum atomic E-state index is 14.4. The molecule has 1 fully saturated rings. The molecule has 1 saturated carbocycles. The van der Waals surface area contributed by atoms with E-state index in [1.54, 1.807) is 12.3 Å². The standard InChI is InChI=1S/C23H26FN5O/c1-2-26-23(30)18-8-9-19(12-18)29-22(14-27-28-29)17-6-4-16(5-7-17)20-10-3-15(13-25)11-21(20)24/h3-7,10-11,14,18-19H,2,8-9,12-13,25H2,1H3,(H,26,30)/t18-,19?/m0/s1. The second-order valence-corrected chi connectivity index (χ2v) is 7.72. The van der Waals surface area contributed by atoms with Gasteiger partial charge in [-0.1, -0.05) is 41.6 Å². The highest BCUT2D eigenvalue weighted by Crippen LogP contribution is 2.37. The minimum Gasteiger partial charge on any atom is -0.356 e. The van der Waals surface area contributed by atoms with Crippen molar-refractivity contribution in [3.8, 4) is 22.4 Å². The Labute approximate surface area is 175 Å². The number of amides is 1. The van der Waals surface area contributed by atoms with Gasteiger partial charge in [-0.2, -0.15) is 0 Å². The van der Waals surface area contributed by atoms with E-state index >= 15 is 0 Å². The largest absolute Gasteiger partial charge is 0.356 e. The number of carbonyl (C=O) groups excluding carboxylic acids is 1. The molecule has 2 aromatic carbocycles. The smallest absolute Gasteiger partial charge is 0.223 e. The molecule has 0 spiro atoms. The fraction of sp³-hybridized carbons (Fsp3) is 0.348. The minimum atomic E-state index is -0.278. The van der Waals surface area contributed by atoms with Crippen molar-refractivity contribution in [3.63, 3.8) is 0 Å². The number of aromatic nitrogens is 3. The van der Waals surface area contributed by atoms with E-state index in [2.05, 4.69) is 15.6 Å². The van der Waals surface area contributed by atoms with Crippen molar-refractivity contribution in [2.75, 3.05) is 6.54 Å². The Bertz CT molecular complexity index is 1030. The zero-order valence-corrected chi connectivity index (χ0v) is 17.0. The van der Waals surface area contributed by atoms with Crippen LogP contribution in [0.3, 0.4) is 0 Å². The number of nitrogens with one attached hydrogen (secondary N) is 1. The number of halogens is 1. The summed E-state index contributed by atoms with van der Waals surface area (Å²) in [6.07, 6.45) is 4.26. The third-order valence-electron chi connectivity index (χ3n) is 5.81. The highest BCUT2D eigenvalue weighted by molar-refractivity contribution is 5.79. The first-order valence-corrected chi connectivity index (χ1v) is 10.4. The first kappa shape index (κ1) is 20.2. The Hall–Kier alpha value is -3.06. The van der Waals surface area contributed by atoms with Crippen molar-refractivity contribution in [2.24, 2.45) is 11.7 Å². The summed E-state index contributed by atoms with van der Waals surface area (Å²) in [5, 5.41) is 11.3. The maximum absolute atomic E-state index is 14.4. The Balaban J connectivity index is 1.54. The molecule has 0 bridgehead atoms. The van der Waals surface area contributed by atoms with E-state index in [1.165, 1.54) is 6.07 Å². The summed E-state index contributed by atoms with van der Waals surface area (Å²) in [6.45, 7) is 2.90. The molecule has 4 rings (SSSR count). The van der Waals surface area contributed by atoms with Gasteiger partial charge in [-0.25, -0.2) is 9.07 Å². The van der Waals surface area contributed by atoms with Gasteiger partial charge in [-0.05, 0) is 43.4 Å². The zero-order chi connectivity index (χ0) is 21.1. The highest BCUT2D eigenvalue weighted by atomic mass is 19.1. The lowest BCUT2D eigenvalue weighted by molar-refractivity contribution is -0.124. The molecule has 3 aromatic rings. The molecule has 0 radical (unpaired) electrons. The molecule has 156 valence electrons. The van der Waals surface area contributed by atoms with Gasteiger partial charge in [0.05, 0.1) is 17.9 Å². The number of hydrogen-bond donors (Lipinski definition) is 2. The first-order valence-electron chi connectivity index (χ1n) is 10.4. The van der Waals surface area contributed by atoms with E-state index in [4.69, 9.17) is 5.73 Å². The van der Waals surface area contributed by atoms with Crippen LogP contribution in [0.25, 0.3) is 22.4 Å². The maximum Gasteiger partial charge on any atom is 0.223 e. The van der Waals surface area contributed by atoms with Gasteiger partial charge in [0.25, 0.3) is 0 Å². The quantitative estimate of drug-likeness (QED) is 0.653. The van der Waals surface area contributed by atoms with Crippen LogP contribution in [-0.2, 0) is 11.3 Å². The van der Waals surface area contributed by atoms with E-state index in [1.807, 2.05) is 41.9 Å². The van der Waals surface area contributed by atoms with Crippen molar-refractivity contribution in [2.45, 2.75) is 38.8 Å². The van der Waals surface area contributed by atoms with Crippen LogP contribution >= 0.6 is 0 Å². The van der Waals surface area contributed by atoms with Gasteiger partial charge in [0.1, 0.15) is 5.82 Å². The van der Waals surface area contributed by atoms with E-state index in [-0.39, 0.29) is 23.7 Å². The Morgan fingerprint density at radius 3 is 2.67 bits per heavy atom. The molecule has 1 aliphatic carbocycles. The molecular formula is C23H26FN5O. The van der Waals surface area contributed by atoms with Crippen molar-refractivity contribution in [3.05, 3.63) is 60.0 Å². The van der Waals surface area contributed by atoms with Crippen LogP contribution in [0.1, 0.15) is 37.8 Å². The lowest BCUT2D eigenvalue weighted by Gasteiger charge is -2.14. The fourth-order valence-electron chi connectivity index (χ4n) is 4.20. The number of nitrogens with two attached hydrogens (primary N) is 1. The summed E-state index contributed by atoms with van der Waals surface area (Å²) in [5.74, 6) is -0.137. The van der Waals surface area contributed by atoms with Crippen LogP contribution in [0.2, 0.25) is 0 Å². The average Bonchev–Trinajstić information content (AvgIpc) is 3.43. The van der Waals surface area contributed by atoms with Gasteiger partial charge in [0, 0.05) is 30.1 Å². The predicted octanol–water partition coefficient (Wildman–Crippen LogP) is 3.69. The van der Waals surface area contributed by atoms with Crippen molar-refractivity contribution < 1.29 is 9.18 Å². The molecule has 30 heavy (non-hydrogen) atoms. The van der Waals surface area contributed by atoms with Crippen LogP contribution in [0, 0.1) is 11.7 Å². The van der Waals surface area contributed by atoms with Crippen LogP contribution in [0.15, 0.2) is 48.7 Å².